The number of benzene rings is 1. The van der Waals surface area contributed by atoms with Crippen LogP contribution in [0.5, 0.6) is 0 Å². The first-order valence-corrected chi connectivity index (χ1v) is 10.8. The molecule has 1 fully saturated rings. The number of aromatic amines is 1. The predicted octanol–water partition coefficient (Wildman–Crippen LogP) is 4.95. The summed E-state index contributed by atoms with van der Waals surface area (Å²) in [5.41, 5.74) is 5.94. The number of carbonyl (C=O) groups is 2. The lowest BCUT2D eigenvalue weighted by Crippen LogP contribution is -2.12. The van der Waals surface area contributed by atoms with Crippen molar-refractivity contribution in [3.05, 3.63) is 84.0 Å². The maximum Gasteiger partial charge on any atom is 0.155 e. The van der Waals surface area contributed by atoms with Crippen molar-refractivity contribution in [3.63, 3.8) is 0 Å². The second-order valence-corrected chi connectivity index (χ2v) is 8.29. The highest BCUT2D eigenvalue weighted by Gasteiger charge is 2.26. The van der Waals surface area contributed by atoms with E-state index in [0.717, 1.165) is 33.8 Å². The highest BCUT2D eigenvalue weighted by Crippen LogP contribution is 2.39. The molecule has 0 saturated heterocycles. The lowest BCUT2D eigenvalue weighted by Gasteiger charge is -2.11. The number of pyridine rings is 1. The Balaban J connectivity index is 1.36. The minimum atomic E-state index is -0.176. The Kier molecular flexibility index (Phi) is 6.21. The van der Waals surface area contributed by atoms with Crippen LogP contribution in [-0.2, 0) is 22.4 Å². The summed E-state index contributed by atoms with van der Waals surface area (Å²) in [5, 5.41) is 7.35. The topological polar surface area (TPSA) is 75.7 Å². The third-order valence-corrected chi connectivity index (χ3v) is 5.92. The lowest BCUT2D eigenvalue weighted by molar-refractivity contribution is -0.119. The van der Waals surface area contributed by atoms with Crippen molar-refractivity contribution in [3.8, 4) is 11.1 Å². The lowest BCUT2D eigenvalue weighted by atomic mass is 9.92. The van der Waals surface area contributed by atoms with Gasteiger partial charge in [-0.3, -0.25) is 19.7 Å². The Morgan fingerprint density at radius 1 is 1.16 bits per heavy atom. The Bertz CT molecular complexity index is 1080. The summed E-state index contributed by atoms with van der Waals surface area (Å²) in [6.07, 6.45) is 7.00. The van der Waals surface area contributed by atoms with Crippen LogP contribution in [0, 0.1) is 0 Å². The maximum absolute atomic E-state index is 12.7. The second-order valence-electron chi connectivity index (χ2n) is 8.29. The summed E-state index contributed by atoms with van der Waals surface area (Å²) < 4.78 is 0. The van der Waals surface area contributed by atoms with Crippen molar-refractivity contribution in [2.45, 2.75) is 50.9 Å². The number of Topliss-reactive ketones (excluding diaryl/α,β-unsaturated/α-hetero) is 1. The third kappa shape index (κ3) is 5.23. The van der Waals surface area contributed by atoms with Gasteiger partial charge < -0.3 is 0 Å². The zero-order valence-corrected chi connectivity index (χ0v) is 17.8. The molecular weight excluding hydrogens is 386 g/mol. The first kappa shape index (κ1) is 20.9. The number of hydrogen-bond acceptors (Lipinski definition) is 4. The van der Waals surface area contributed by atoms with E-state index in [-0.39, 0.29) is 17.5 Å². The second kappa shape index (κ2) is 9.21. The first-order chi connectivity index (χ1) is 15.0. The first-order valence-electron chi connectivity index (χ1n) is 10.8. The van der Waals surface area contributed by atoms with Crippen LogP contribution in [0.15, 0.2) is 61.3 Å². The molecular formula is C26H27N3O2. The summed E-state index contributed by atoms with van der Waals surface area (Å²) in [4.78, 5) is 28.6. The van der Waals surface area contributed by atoms with Crippen LogP contribution in [0.2, 0.25) is 0 Å². The van der Waals surface area contributed by atoms with Crippen LogP contribution in [-0.4, -0.2) is 26.7 Å². The van der Waals surface area contributed by atoms with Gasteiger partial charge in [-0.1, -0.05) is 43.8 Å². The van der Waals surface area contributed by atoms with Crippen LogP contribution >= 0.6 is 0 Å². The molecule has 5 heteroatoms. The molecule has 1 atom stereocenters. The number of aromatic nitrogens is 3. The average Bonchev–Trinajstić information content (AvgIpc) is 3.56. The van der Waals surface area contributed by atoms with Gasteiger partial charge in [0.2, 0.25) is 0 Å². The molecule has 0 unspecified atom stereocenters. The average molecular weight is 414 g/mol. The van der Waals surface area contributed by atoms with Crippen LogP contribution in [0.3, 0.4) is 0 Å². The van der Waals surface area contributed by atoms with Gasteiger partial charge in [0.05, 0.1) is 5.69 Å². The van der Waals surface area contributed by atoms with E-state index < -0.39 is 0 Å². The number of carbonyl (C=O) groups excluding carboxylic acids is 2. The minimum absolute atomic E-state index is 0.0287. The van der Waals surface area contributed by atoms with Gasteiger partial charge in [-0.15, -0.1) is 0 Å². The number of hydrogen-bond donors (Lipinski definition) is 1. The van der Waals surface area contributed by atoms with E-state index in [4.69, 9.17) is 0 Å². The fraction of sp³-hybridized carbons (Fsp3) is 0.308. The number of H-pyrrole nitrogens is 1. The molecule has 1 aromatic carbocycles. The fourth-order valence-electron chi connectivity index (χ4n) is 3.65. The Morgan fingerprint density at radius 2 is 1.90 bits per heavy atom. The minimum Gasteiger partial charge on any atom is -0.299 e. The summed E-state index contributed by atoms with van der Waals surface area (Å²) in [5.74, 6) is 0.618. The van der Waals surface area contributed by atoms with Crippen molar-refractivity contribution in [2.24, 2.45) is 0 Å². The quantitative estimate of drug-likeness (QED) is 0.477. The van der Waals surface area contributed by atoms with Crippen LogP contribution < -0.4 is 0 Å². The fourth-order valence-corrected chi connectivity index (χ4v) is 3.65. The van der Waals surface area contributed by atoms with E-state index in [1.807, 2.05) is 55.6 Å². The predicted molar refractivity (Wildman–Crippen MR) is 121 cm³/mol. The Labute approximate surface area is 182 Å². The van der Waals surface area contributed by atoms with Crippen molar-refractivity contribution < 1.29 is 9.59 Å². The van der Waals surface area contributed by atoms with Crippen molar-refractivity contribution in [1.29, 1.82) is 0 Å². The SMILES string of the molecule is C=CC(=O)CCc1ccc(-c2ccc([C@H](C)C(=O)Cc3cc(C4CC4)n[nH]3)cc2)cn1. The molecule has 1 N–H and O–H groups in total. The maximum atomic E-state index is 12.7. The number of allylic oxidation sites excluding steroid dienone is 1. The zero-order chi connectivity index (χ0) is 21.8. The van der Waals surface area contributed by atoms with Crippen molar-refractivity contribution >= 4 is 11.6 Å². The van der Waals surface area contributed by atoms with Crippen LogP contribution in [0.25, 0.3) is 11.1 Å². The van der Waals surface area contributed by atoms with Crippen LogP contribution in [0.4, 0.5) is 0 Å². The monoisotopic (exact) mass is 413 g/mol. The van der Waals surface area contributed by atoms with Gasteiger partial charge in [-0.25, -0.2) is 0 Å². The highest BCUT2D eigenvalue weighted by molar-refractivity contribution is 5.89. The standard InChI is InChI=1S/C26H27N3O2/c1-3-24(30)13-12-22-11-10-21(16-27-22)19-6-4-18(5-7-19)17(2)26(31)15-23-14-25(29-28-23)20-8-9-20/h3-7,10-11,14,16-17,20H,1,8-9,12-13,15H2,2H3,(H,28,29)/t17-/m0/s1. The van der Waals surface area contributed by atoms with E-state index in [1.165, 1.54) is 18.9 Å². The summed E-state index contributed by atoms with van der Waals surface area (Å²) >= 11 is 0. The molecule has 31 heavy (non-hydrogen) atoms. The molecule has 5 nitrogen and oxygen atoms in total. The smallest absolute Gasteiger partial charge is 0.155 e. The van der Waals surface area contributed by atoms with Gasteiger partial charge in [0, 0.05) is 47.8 Å². The van der Waals surface area contributed by atoms with Gasteiger partial charge >= 0.3 is 0 Å². The van der Waals surface area contributed by atoms with Crippen LogP contribution in [0.1, 0.15) is 60.7 Å². The molecule has 2 aromatic heterocycles. The molecule has 3 aromatic rings. The van der Waals surface area contributed by atoms with Crippen molar-refractivity contribution in [1.82, 2.24) is 15.2 Å². The molecule has 1 aliphatic carbocycles. The molecule has 1 aliphatic rings. The highest BCUT2D eigenvalue weighted by atomic mass is 16.1. The van der Waals surface area contributed by atoms with Gasteiger partial charge in [0.1, 0.15) is 5.78 Å². The van der Waals surface area contributed by atoms with E-state index in [1.54, 1.807) is 0 Å². The summed E-state index contributed by atoms with van der Waals surface area (Å²) in [6.45, 7) is 5.45. The van der Waals surface area contributed by atoms with E-state index in [0.29, 0.717) is 25.2 Å². The molecule has 0 amide bonds. The summed E-state index contributed by atoms with van der Waals surface area (Å²) in [7, 11) is 0. The molecule has 0 aliphatic heterocycles. The third-order valence-electron chi connectivity index (χ3n) is 5.92. The normalized spacial score (nSPS) is 14.2. The van der Waals surface area contributed by atoms with Gasteiger partial charge in [0.25, 0.3) is 0 Å². The summed E-state index contributed by atoms with van der Waals surface area (Å²) in [6, 6.07) is 14.1. The molecule has 1 saturated carbocycles. The molecule has 158 valence electrons. The molecule has 2 heterocycles. The zero-order valence-electron chi connectivity index (χ0n) is 17.8. The number of ketones is 2. The van der Waals surface area contributed by atoms with Gasteiger partial charge in [0.15, 0.2) is 5.78 Å². The van der Waals surface area contributed by atoms with E-state index >= 15 is 0 Å². The van der Waals surface area contributed by atoms with Gasteiger partial charge in [-0.05, 0) is 48.6 Å². The molecule has 4 rings (SSSR count). The molecule has 0 spiro atoms. The molecule has 0 bridgehead atoms. The number of rotatable bonds is 10. The Morgan fingerprint density at radius 3 is 2.55 bits per heavy atom. The number of aryl methyl sites for hydroxylation is 1. The van der Waals surface area contributed by atoms with E-state index in [2.05, 4.69) is 21.8 Å². The number of nitrogens with zero attached hydrogens (tertiary/aromatic N) is 2. The molecule has 0 radical (unpaired) electrons. The van der Waals surface area contributed by atoms with Crippen molar-refractivity contribution in [2.75, 3.05) is 0 Å². The largest absolute Gasteiger partial charge is 0.299 e. The Hall–Kier alpha value is -3.34. The van der Waals surface area contributed by atoms with Gasteiger partial charge in [-0.2, -0.15) is 5.10 Å². The van der Waals surface area contributed by atoms with E-state index in [9.17, 15) is 9.59 Å². The number of nitrogens with one attached hydrogen (secondary N) is 1.